The third-order valence-corrected chi connectivity index (χ3v) is 3.89. The van der Waals surface area contributed by atoms with Crippen LogP contribution in [0.3, 0.4) is 0 Å². The summed E-state index contributed by atoms with van der Waals surface area (Å²) >= 11 is 1.61. The smallest absolute Gasteiger partial charge is 0.240 e. The predicted molar refractivity (Wildman–Crippen MR) is 67.8 cm³/mol. The molecular formula is C12H16N2OS. The summed E-state index contributed by atoms with van der Waals surface area (Å²) in [6, 6.07) is 6.10. The minimum Gasteiger partial charge on any atom is -0.330 e. The Morgan fingerprint density at radius 1 is 1.44 bits per heavy atom. The normalized spacial score (nSPS) is 17.8. The van der Waals surface area contributed by atoms with Gasteiger partial charge in [-0.05, 0) is 44.5 Å². The van der Waals surface area contributed by atoms with Gasteiger partial charge in [-0.15, -0.1) is 11.8 Å². The van der Waals surface area contributed by atoms with Gasteiger partial charge in [0.15, 0.2) is 0 Å². The lowest BCUT2D eigenvalue weighted by atomic mass is 10.1. The Kier molecular flexibility index (Phi) is 2.95. The highest BCUT2D eigenvalue weighted by atomic mass is 32.2. The minimum absolute atomic E-state index is 0.0663. The first-order chi connectivity index (χ1) is 7.53. The van der Waals surface area contributed by atoms with Crippen molar-refractivity contribution >= 4 is 23.4 Å². The van der Waals surface area contributed by atoms with E-state index >= 15 is 0 Å². The van der Waals surface area contributed by atoms with Crippen molar-refractivity contribution in [1.29, 1.82) is 0 Å². The Hall–Kier alpha value is -1.00. The van der Waals surface area contributed by atoms with Gasteiger partial charge >= 0.3 is 0 Å². The van der Waals surface area contributed by atoms with Crippen molar-refractivity contribution in [2.75, 3.05) is 11.9 Å². The second-order valence-electron chi connectivity index (χ2n) is 4.44. The SMILES string of the molecule is CC1(C)Sc2cc(CCN)ccc2NC1=O. The molecule has 0 aliphatic carbocycles. The molecule has 3 N–H and O–H groups in total. The van der Waals surface area contributed by atoms with E-state index in [-0.39, 0.29) is 5.91 Å². The maximum atomic E-state index is 11.7. The van der Waals surface area contributed by atoms with E-state index in [2.05, 4.69) is 11.4 Å². The zero-order chi connectivity index (χ0) is 11.8. The standard InChI is InChI=1S/C12H16N2OS/c1-12(2)11(15)14-9-4-3-8(5-6-13)7-10(9)16-12/h3-4,7H,5-6,13H2,1-2H3,(H,14,15). The Morgan fingerprint density at radius 2 is 2.19 bits per heavy atom. The van der Waals surface area contributed by atoms with E-state index in [0.717, 1.165) is 17.0 Å². The van der Waals surface area contributed by atoms with Crippen LogP contribution in [0.25, 0.3) is 0 Å². The first kappa shape index (κ1) is 11.5. The van der Waals surface area contributed by atoms with Crippen LogP contribution in [-0.4, -0.2) is 17.2 Å². The van der Waals surface area contributed by atoms with Crippen molar-refractivity contribution in [3.8, 4) is 0 Å². The molecule has 3 nitrogen and oxygen atoms in total. The number of benzene rings is 1. The molecular weight excluding hydrogens is 220 g/mol. The Morgan fingerprint density at radius 3 is 2.88 bits per heavy atom. The topological polar surface area (TPSA) is 55.1 Å². The highest BCUT2D eigenvalue weighted by molar-refractivity contribution is 8.01. The first-order valence-electron chi connectivity index (χ1n) is 5.36. The van der Waals surface area contributed by atoms with Crippen LogP contribution in [0.1, 0.15) is 19.4 Å². The molecule has 0 spiro atoms. The van der Waals surface area contributed by atoms with E-state index in [0.29, 0.717) is 6.54 Å². The van der Waals surface area contributed by atoms with Gasteiger partial charge in [0.2, 0.25) is 5.91 Å². The van der Waals surface area contributed by atoms with Crippen LogP contribution < -0.4 is 11.1 Å². The summed E-state index contributed by atoms with van der Waals surface area (Å²) in [6.07, 6.45) is 0.877. The molecule has 0 saturated heterocycles. The molecule has 1 aliphatic heterocycles. The summed E-state index contributed by atoms with van der Waals surface area (Å²) in [6.45, 7) is 4.52. The van der Waals surface area contributed by atoms with Crippen LogP contribution in [0, 0.1) is 0 Å². The van der Waals surface area contributed by atoms with Crippen molar-refractivity contribution in [3.63, 3.8) is 0 Å². The van der Waals surface area contributed by atoms with E-state index in [1.165, 1.54) is 5.56 Å². The largest absolute Gasteiger partial charge is 0.330 e. The third-order valence-electron chi connectivity index (χ3n) is 2.64. The van der Waals surface area contributed by atoms with Crippen molar-refractivity contribution in [1.82, 2.24) is 0 Å². The summed E-state index contributed by atoms with van der Waals surface area (Å²) < 4.78 is -0.395. The van der Waals surface area contributed by atoms with E-state index in [1.54, 1.807) is 11.8 Å². The molecule has 1 aromatic rings. The lowest BCUT2D eigenvalue weighted by Crippen LogP contribution is -2.37. The predicted octanol–water partition coefficient (Wildman–Crippen LogP) is 2.01. The lowest BCUT2D eigenvalue weighted by molar-refractivity contribution is -0.117. The summed E-state index contributed by atoms with van der Waals surface area (Å²) in [7, 11) is 0. The number of hydrogen-bond donors (Lipinski definition) is 2. The number of fused-ring (bicyclic) bond motifs is 1. The zero-order valence-electron chi connectivity index (χ0n) is 9.54. The summed E-state index contributed by atoms with van der Waals surface area (Å²) in [5.41, 5.74) is 7.67. The maximum absolute atomic E-state index is 11.7. The number of anilines is 1. The van der Waals surface area contributed by atoms with Gasteiger partial charge in [-0.2, -0.15) is 0 Å². The summed E-state index contributed by atoms with van der Waals surface area (Å²) in [5.74, 6) is 0.0663. The molecule has 0 atom stereocenters. The maximum Gasteiger partial charge on any atom is 0.240 e. The molecule has 1 heterocycles. The highest BCUT2D eigenvalue weighted by Crippen LogP contribution is 2.42. The van der Waals surface area contributed by atoms with Crippen molar-refractivity contribution in [2.45, 2.75) is 29.9 Å². The van der Waals surface area contributed by atoms with Gasteiger partial charge in [-0.3, -0.25) is 4.79 Å². The van der Waals surface area contributed by atoms with E-state index in [1.807, 2.05) is 26.0 Å². The average molecular weight is 236 g/mol. The number of carbonyl (C=O) groups excluding carboxylic acids is 1. The lowest BCUT2D eigenvalue weighted by Gasteiger charge is -2.30. The van der Waals surface area contributed by atoms with Gasteiger partial charge in [0.1, 0.15) is 0 Å². The van der Waals surface area contributed by atoms with Crippen LogP contribution in [0.15, 0.2) is 23.1 Å². The van der Waals surface area contributed by atoms with Crippen LogP contribution >= 0.6 is 11.8 Å². The fourth-order valence-electron chi connectivity index (χ4n) is 1.67. The fraction of sp³-hybridized carbons (Fsp3) is 0.417. The molecule has 0 aromatic heterocycles. The van der Waals surface area contributed by atoms with Gasteiger partial charge < -0.3 is 11.1 Å². The van der Waals surface area contributed by atoms with Crippen molar-refractivity contribution in [2.24, 2.45) is 5.73 Å². The number of nitrogens with two attached hydrogens (primary N) is 1. The molecule has 0 unspecified atom stereocenters. The van der Waals surface area contributed by atoms with Gasteiger partial charge in [-0.25, -0.2) is 0 Å². The van der Waals surface area contributed by atoms with Crippen molar-refractivity contribution < 1.29 is 4.79 Å². The Balaban J connectivity index is 2.34. The molecule has 0 fully saturated rings. The van der Waals surface area contributed by atoms with Crippen LogP contribution in [0.4, 0.5) is 5.69 Å². The second kappa shape index (κ2) is 4.11. The molecule has 1 amide bonds. The molecule has 1 aromatic carbocycles. The molecule has 1 aliphatic rings. The summed E-state index contributed by atoms with van der Waals surface area (Å²) in [4.78, 5) is 12.9. The molecule has 86 valence electrons. The number of hydrogen-bond acceptors (Lipinski definition) is 3. The van der Waals surface area contributed by atoms with E-state index in [4.69, 9.17) is 5.73 Å². The highest BCUT2D eigenvalue weighted by Gasteiger charge is 2.34. The quantitative estimate of drug-likeness (QED) is 0.826. The monoisotopic (exact) mass is 236 g/mol. The number of amides is 1. The number of nitrogens with one attached hydrogen (secondary N) is 1. The molecule has 0 radical (unpaired) electrons. The molecule has 2 rings (SSSR count). The Labute approximate surface area is 99.8 Å². The van der Waals surface area contributed by atoms with Crippen LogP contribution in [0.2, 0.25) is 0 Å². The first-order valence-corrected chi connectivity index (χ1v) is 6.18. The number of carbonyl (C=O) groups is 1. The van der Waals surface area contributed by atoms with E-state index in [9.17, 15) is 4.79 Å². The van der Waals surface area contributed by atoms with Gasteiger partial charge in [0, 0.05) is 4.90 Å². The number of thioether (sulfide) groups is 1. The second-order valence-corrected chi connectivity index (χ2v) is 6.10. The third kappa shape index (κ3) is 2.08. The van der Waals surface area contributed by atoms with Gasteiger partial charge in [0.05, 0.1) is 10.4 Å². The molecule has 4 heteroatoms. The van der Waals surface area contributed by atoms with Crippen LogP contribution in [0.5, 0.6) is 0 Å². The van der Waals surface area contributed by atoms with Crippen LogP contribution in [-0.2, 0) is 11.2 Å². The molecule has 0 bridgehead atoms. The number of rotatable bonds is 2. The van der Waals surface area contributed by atoms with Gasteiger partial charge in [-0.1, -0.05) is 6.07 Å². The molecule has 0 saturated carbocycles. The minimum atomic E-state index is -0.395. The van der Waals surface area contributed by atoms with Crippen molar-refractivity contribution in [3.05, 3.63) is 23.8 Å². The van der Waals surface area contributed by atoms with E-state index < -0.39 is 4.75 Å². The van der Waals surface area contributed by atoms with Gasteiger partial charge in [0.25, 0.3) is 0 Å². The molecule has 16 heavy (non-hydrogen) atoms. The average Bonchev–Trinajstić information content (AvgIpc) is 2.20. The zero-order valence-corrected chi connectivity index (χ0v) is 10.4. The Bertz CT molecular complexity index is 429. The summed E-state index contributed by atoms with van der Waals surface area (Å²) in [5, 5.41) is 2.93. The fourth-order valence-corrected chi connectivity index (χ4v) is 2.80.